The molecular formula is C42H68N6O9S. The van der Waals surface area contributed by atoms with Gasteiger partial charge in [-0.1, -0.05) is 71.4 Å². The first-order valence-electron chi connectivity index (χ1n) is 20.8. The molecule has 3 aliphatic rings. The minimum absolute atomic E-state index is 0.0317. The van der Waals surface area contributed by atoms with E-state index in [1.54, 1.807) is 48.0 Å². The summed E-state index contributed by atoms with van der Waals surface area (Å²) in [6.45, 7) is 9.99. The van der Waals surface area contributed by atoms with Crippen LogP contribution in [-0.2, 0) is 49.9 Å². The van der Waals surface area contributed by atoms with Crippen molar-refractivity contribution in [3.63, 3.8) is 0 Å². The monoisotopic (exact) mass is 832 g/mol. The fourth-order valence-corrected chi connectivity index (χ4v) is 10.0. The Kier molecular flexibility index (Phi) is 16.7. The molecule has 0 aromatic heterocycles. The molecular weight excluding hydrogens is 765 g/mol. The normalized spacial score (nSPS) is 24.4. The van der Waals surface area contributed by atoms with E-state index >= 15 is 0 Å². The number of carbonyl (C=O) groups is 5. The third-order valence-corrected chi connectivity index (χ3v) is 13.4. The fraction of sp³-hybridized carbons (Fsp3) is 0.738. The summed E-state index contributed by atoms with van der Waals surface area (Å²) in [7, 11) is 2.84. The van der Waals surface area contributed by atoms with Gasteiger partial charge < -0.3 is 29.9 Å². The quantitative estimate of drug-likeness (QED) is 0.176. The second kappa shape index (κ2) is 20.6. The number of fused-ring (bicyclic) bond motifs is 2. The van der Waals surface area contributed by atoms with Crippen LogP contribution in [0.25, 0.3) is 0 Å². The number of benzene rings is 1. The van der Waals surface area contributed by atoms with Crippen LogP contribution in [0.1, 0.15) is 85.1 Å². The van der Waals surface area contributed by atoms with Gasteiger partial charge in [-0.05, 0) is 62.5 Å². The van der Waals surface area contributed by atoms with Crippen LogP contribution in [0.4, 0.5) is 0 Å². The van der Waals surface area contributed by atoms with Gasteiger partial charge in [0.2, 0.25) is 33.7 Å². The third kappa shape index (κ3) is 11.4. The van der Waals surface area contributed by atoms with Gasteiger partial charge >= 0.3 is 0 Å². The SMILES string of the molecule is CC[C@H](C)[C@@H]([C@H](CC(=O)N1CCC[C@H]1[C@H](OC)[C@@H](C)C(=O)N[C@@H](Cc1ccccc1)C(=O)NS(C)(=O)=O)OC)N(C)C(=O)[C@@H](NC(=O)[C@@H]1[C@H]2CC[C@H](C2)N1C)C(C)C. The van der Waals surface area contributed by atoms with Gasteiger partial charge in [-0.2, -0.15) is 0 Å². The molecule has 4 rings (SSSR count). The van der Waals surface area contributed by atoms with Crippen molar-refractivity contribution >= 4 is 39.6 Å². The molecule has 58 heavy (non-hydrogen) atoms. The lowest BCUT2D eigenvalue weighted by atomic mass is 9.89. The second-order valence-electron chi connectivity index (χ2n) is 17.1. The standard InChI is InChI=1S/C42H68N6O9S/c1-11-26(4)36(47(7)42(53)35(25(2)3)44-41(52)37-29-19-20-30(23-29)46(37)6)33(56-8)24-34(49)48-21-15-18-32(48)38(57-9)27(5)39(50)43-31(40(51)45-58(10,54)55)22-28-16-13-12-14-17-28/h12-14,16-17,25-27,29-33,35-38H,11,15,18-24H2,1-10H3,(H,43,50)(H,44,52)(H,45,51)/t26-,27+,29-,30+,31-,32-,33-,35-,36-,37-,38+/m0/s1. The van der Waals surface area contributed by atoms with Crippen molar-refractivity contribution < 1.29 is 41.9 Å². The van der Waals surface area contributed by atoms with Crippen molar-refractivity contribution in [2.75, 3.05) is 41.1 Å². The molecule has 2 saturated heterocycles. The smallest absolute Gasteiger partial charge is 0.256 e. The minimum Gasteiger partial charge on any atom is -0.379 e. The molecule has 1 saturated carbocycles. The van der Waals surface area contributed by atoms with E-state index in [0.29, 0.717) is 37.8 Å². The Balaban J connectivity index is 1.48. The zero-order valence-electron chi connectivity index (χ0n) is 36.1. The van der Waals surface area contributed by atoms with Crippen LogP contribution in [-0.4, -0.2) is 142 Å². The first kappa shape index (κ1) is 47.1. The van der Waals surface area contributed by atoms with E-state index in [1.165, 1.54) is 14.2 Å². The number of carbonyl (C=O) groups excluding carboxylic acids is 5. The van der Waals surface area contributed by atoms with E-state index in [0.717, 1.165) is 31.1 Å². The summed E-state index contributed by atoms with van der Waals surface area (Å²) in [5, 5.41) is 5.85. The Bertz CT molecular complexity index is 1690. The van der Waals surface area contributed by atoms with E-state index in [9.17, 15) is 32.4 Å². The molecule has 11 atom stereocenters. The van der Waals surface area contributed by atoms with Gasteiger partial charge in [-0.25, -0.2) is 8.42 Å². The van der Waals surface area contributed by atoms with Gasteiger partial charge in [0.05, 0.1) is 48.9 Å². The van der Waals surface area contributed by atoms with Gasteiger partial charge in [-0.3, -0.25) is 33.6 Å². The minimum atomic E-state index is -3.89. The van der Waals surface area contributed by atoms with Gasteiger partial charge in [0, 0.05) is 40.3 Å². The number of hydrogen-bond acceptors (Lipinski definition) is 10. The van der Waals surface area contributed by atoms with Crippen LogP contribution < -0.4 is 15.4 Å². The van der Waals surface area contributed by atoms with E-state index in [2.05, 4.69) is 15.5 Å². The Morgan fingerprint density at radius 3 is 2.17 bits per heavy atom. The lowest BCUT2D eigenvalue weighted by molar-refractivity contribution is -0.148. The molecule has 1 aliphatic carbocycles. The molecule has 5 amide bonds. The number of methoxy groups -OCH3 is 2. The molecule has 1 aromatic rings. The topological polar surface area (TPSA) is 184 Å². The van der Waals surface area contributed by atoms with Crippen molar-refractivity contribution in [1.29, 1.82) is 0 Å². The summed E-state index contributed by atoms with van der Waals surface area (Å²) in [6.07, 6.45) is 4.55. The van der Waals surface area contributed by atoms with Gasteiger partial charge in [0.25, 0.3) is 5.91 Å². The summed E-state index contributed by atoms with van der Waals surface area (Å²) in [5.74, 6) is -2.72. The summed E-state index contributed by atoms with van der Waals surface area (Å²) in [4.78, 5) is 74.7. The third-order valence-electron chi connectivity index (χ3n) is 12.9. The largest absolute Gasteiger partial charge is 0.379 e. The van der Waals surface area contributed by atoms with Crippen LogP contribution in [0.5, 0.6) is 0 Å². The van der Waals surface area contributed by atoms with Crippen molar-refractivity contribution in [3.8, 4) is 0 Å². The average Bonchev–Trinajstić information content (AvgIpc) is 3.93. The highest BCUT2D eigenvalue weighted by Crippen LogP contribution is 2.41. The first-order chi connectivity index (χ1) is 27.3. The van der Waals surface area contributed by atoms with Crippen molar-refractivity contribution in [2.45, 2.75) is 134 Å². The molecule has 2 aliphatic heterocycles. The number of amides is 5. The number of nitrogens with zero attached hydrogens (tertiary/aromatic N) is 3. The molecule has 326 valence electrons. The maximum atomic E-state index is 14.3. The lowest BCUT2D eigenvalue weighted by Crippen LogP contribution is -2.60. The number of ether oxygens (including phenoxy) is 2. The maximum absolute atomic E-state index is 14.3. The van der Waals surface area contributed by atoms with Crippen LogP contribution in [0.3, 0.4) is 0 Å². The molecule has 2 bridgehead atoms. The molecule has 3 N–H and O–H groups in total. The summed E-state index contributed by atoms with van der Waals surface area (Å²) in [6, 6.07) is 6.20. The highest BCUT2D eigenvalue weighted by atomic mass is 32.2. The molecule has 0 radical (unpaired) electrons. The van der Waals surface area contributed by atoms with Crippen LogP contribution >= 0.6 is 0 Å². The Labute approximate surface area is 345 Å². The lowest BCUT2D eigenvalue weighted by Gasteiger charge is -2.41. The van der Waals surface area contributed by atoms with E-state index in [-0.39, 0.29) is 48.4 Å². The van der Waals surface area contributed by atoms with E-state index < -0.39 is 64.1 Å². The number of rotatable bonds is 20. The first-order valence-corrected chi connectivity index (χ1v) is 22.7. The second-order valence-corrected chi connectivity index (χ2v) is 18.9. The van der Waals surface area contributed by atoms with Crippen LogP contribution in [0, 0.1) is 23.7 Å². The van der Waals surface area contributed by atoms with Gasteiger partial charge in [0.1, 0.15) is 12.1 Å². The zero-order chi connectivity index (χ0) is 43.1. The average molecular weight is 833 g/mol. The summed E-state index contributed by atoms with van der Waals surface area (Å²) in [5.41, 5.74) is 0.726. The van der Waals surface area contributed by atoms with Crippen LogP contribution in [0.2, 0.25) is 0 Å². The van der Waals surface area contributed by atoms with Crippen molar-refractivity contribution in [3.05, 3.63) is 35.9 Å². The number of likely N-dealkylation sites (tertiary alicyclic amines) is 2. The molecule has 15 nitrogen and oxygen atoms in total. The number of sulfonamides is 1. The number of likely N-dealkylation sites (N-methyl/N-ethyl adjacent to an activating group) is 2. The molecule has 3 fully saturated rings. The Hall–Kier alpha value is -3.60. The highest BCUT2D eigenvalue weighted by molar-refractivity contribution is 7.89. The molecule has 0 unspecified atom stereocenters. The van der Waals surface area contributed by atoms with Crippen LogP contribution in [0.15, 0.2) is 30.3 Å². The summed E-state index contributed by atoms with van der Waals surface area (Å²) >= 11 is 0. The van der Waals surface area contributed by atoms with E-state index in [4.69, 9.17) is 9.47 Å². The Morgan fingerprint density at radius 2 is 1.62 bits per heavy atom. The number of hydrogen-bond donors (Lipinski definition) is 3. The molecule has 0 spiro atoms. The van der Waals surface area contributed by atoms with Crippen molar-refractivity contribution in [2.24, 2.45) is 23.7 Å². The number of nitrogens with one attached hydrogen (secondary N) is 3. The molecule has 1 aromatic carbocycles. The zero-order valence-corrected chi connectivity index (χ0v) is 36.9. The fourth-order valence-electron chi connectivity index (χ4n) is 9.50. The maximum Gasteiger partial charge on any atom is 0.256 e. The molecule has 2 heterocycles. The highest BCUT2D eigenvalue weighted by Gasteiger charge is 2.49. The molecule has 16 heteroatoms. The summed E-state index contributed by atoms with van der Waals surface area (Å²) < 4.78 is 37.8. The Morgan fingerprint density at radius 1 is 0.948 bits per heavy atom. The van der Waals surface area contributed by atoms with Crippen molar-refractivity contribution in [1.82, 2.24) is 30.1 Å². The van der Waals surface area contributed by atoms with Gasteiger partial charge in [0.15, 0.2) is 0 Å². The van der Waals surface area contributed by atoms with E-state index in [1.807, 2.05) is 45.5 Å². The number of piperidine rings is 1. The predicted molar refractivity (Wildman–Crippen MR) is 221 cm³/mol. The predicted octanol–water partition coefficient (Wildman–Crippen LogP) is 2.33. The van der Waals surface area contributed by atoms with Gasteiger partial charge in [-0.15, -0.1) is 0 Å².